The summed E-state index contributed by atoms with van der Waals surface area (Å²) in [5.41, 5.74) is 3.19. The highest BCUT2D eigenvalue weighted by molar-refractivity contribution is 6.31. The second kappa shape index (κ2) is 8.41. The fraction of sp³-hybridized carbons (Fsp3) is 0.300. The minimum absolute atomic E-state index is 0.665. The van der Waals surface area contributed by atoms with Crippen LogP contribution in [0.2, 0.25) is 0 Å². The van der Waals surface area contributed by atoms with Crippen LogP contribution in [0.25, 0.3) is 0 Å². The zero-order valence-electron chi connectivity index (χ0n) is 13.9. The van der Waals surface area contributed by atoms with Gasteiger partial charge >= 0.3 is 0 Å². The third-order valence-corrected chi connectivity index (χ3v) is 4.53. The lowest BCUT2D eigenvalue weighted by Crippen LogP contribution is -2.37. The van der Waals surface area contributed by atoms with Crippen LogP contribution in [0.4, 0.5) is 5.69 Å². The Bertz CT molecular complexity index is 671. The molecule has 1 heterocycles. The first-order valence-electron chi connectivity index (χ1n) is 8.48. The lowest BCUT2D eigenvalue weighted by Gasteiger charge is -2.31. The average Bonchev–Trinajstić information content (AvgIpc) is 2.67. The SMILES string of the molecule is NN=C(C=Nc1ccccc1)CN1CCC(c2ccccc2)CC1. The predicted octanol–water partition coefficient (Wildman–Crippen LogP) is 3.58. The minimum atomic E-state index is 0.665. The molecule has 124 valence electrons. The van der Waals surface area contributed by atoms with Gasteiger partial charge in [-0.1, -0.05) is 48.5 Å². The number of nitrogens with zero attached hydrogens (tertiary/aromatic N) is 3. The fourth-order valence-electron chi connectivity index (χ4n) is 3.16. The Morgan fingerprint density at radius 1 is 1.00 bits per heavy atom. The summed E-state index contributed by atoms with van der Waals surface area (Å²) in [5, 5.41) is 3.90. The molecule has 1 aliphatic heterocycles. The summed E-state index contributed by atoms with van der Waals surface area (Å²) in [6, 6.07) is 20.7. The standard InChI is InChI=1S/C20H24N4/c21-23-20(15-22-19-9-5-2-6-10-19)16-24-13-11-18(12-14-24)17-7-3-1-4-8-17/h1-10,15,18H,11-14,16,21H2. The summed E-state index contributed by atoms with van der Waals surface area (Å²) in [5.74, 6) is 6.21. The van der Waals surface area contributed by atoms with Crippen LogP contribution in [0.15, 0.2) is 70.8 Å². The molecule has 4 heteroatoms. The molecule has 0 aliphatic carbocycles. The van der Waals surface area contributed by atoms with E-state index in [0.29, 0.717) is 5.92 Å². The van der Waals surface area contributed by atoms with Gasteiger partial charge in [0.05, 0.1) is 17.6 Å². The maximum absolute atomic E-state index is 5.54. The van der Waals surface area contributed by atoms with Crippen LogP contribution >= 0.6 is 0 Å². The maximum Gasteiger partial charge on any atom is 0.0923 e. The van der Waals surface area contributed by atoms with E-state index in [1.165, 1.54) is 18.4 Å². The number of hydrazone groups is 1. The predicted molar refractivity (Wildman–Crippen MR) is 101 cm³/mol. The van der Waals surface area contributed by atoms with Crippen LogP contribution in [0.5, 0.6) is 0 Å². The van der Waals surface area contributed by atoms with E-state index in [9.17, 15) is 0 Å². The van der Waals surface area contributed by atoms with Crippen LogP contribution in [0.1, 0.15) is 24.3 Å². The number of rotatable bonds is 5. The molecule has 0 aromatic heterocycles. The summed E-state index contributed by atoms with van der Waals surface area (Å²) in [6.45, 7) is 2.89. The van der Waals surface area contributed by atoms with Gasteiger partial charge in [-0.3, -0.25) is 9.89 Å². The summed E-state index contributed by atoms with van der Waals surface area (Å²) in [6.07, 6.45) is 4.13. The van der Waals surface area contributed by atoms with Crippen LogP contribution in [-0.4, -0.2) is 36.5 Å². The van der Waals surface area contributed by atoms with Crippen molar-refractivity contribution in [2.75, 3.05) is 19.6 Å². The van der Waals surface area contributed by atoms with E-state index in [1.807, 2.05) is 30.3 Å². The molecule has 2 aromatic rings. The van der Waals surface area contributed by atoms with E-state index in [0.717, 1.165) is 31.0 Å². The Balaban J connectivity index is 1.52. The lowest BCUT2D eigenvalue weighted by atomic mass is 9.89. The summed E-state index contributed by atoms with van der Waals surface area (Å²) in [4.78, 5) is 6.85. The molecule has 0 atom stereocenters. The molecule has 24 heavy (non-hydrogen) atoms. The minimum Gasteiger partial charge on any atom is -0.323 e. The molecule has 3 rings (SSSR count). The highest BCUT2D eigenvalue weighted by Gasteiger charge is 2.20. The van der Waals surface area contributed by atoms with Crippen molar-refractivity contribution >= 4 is 17.6 Å². The Morgan fingerprint density at radius 3 is 2.25 bits per heavy atom. The van der Waals surface area contributed by atoms with E-state index in [2.05, 4.69) is 45.3 Å². The maximum atomic E-state index is 5.54. The number of para-hydroxylation sites is 1. The third kappa shape index (κ3) is 4.52. The number of piperidine rings is 1. The average molecular weight is 320 g/mol. The van der Waals surface area contributed by atoms with Crippen molar-refractivity contribution in [2.45, 2.75) is 18.8 Å². The second-order valence-electron chi connectivity index (χ2n) is 6.18. The fourth-order valence-corrected chi connectivity index (χ4v) is 3.16. The van der Waals surface area contributed by atoms with Crippen molar-refractivity contribution < 1.29 is 0 Å². The quantitative estimate of drug-likeness (QED) is 0.520. The molecule has 4 nitrogen and oxygen atoms in total. The molecule has 2 N–H and O–H groups in total. The van der Waals surface area contributed by atoms with Gasteiger partial charge in [-0.15, -0.1) is 0 Å². The van der Waals surface area contributed by atoms with Gasteiger partial charge in [0, 0.05) is 6.54 Å². The normalized spacial score (nSPS) is 17.4. The monoisotopic (exact) mass is 320 g/mol. The number of nitrogens with two attached hydrogens (primary N) is 1. The van der Waals surface area contributed by atoms with E-state index in [4.69, 9.17) is 5.84 Å². The highest BCUT2D eigenvalue weighted by Crippen LogP contribution is 2.27. The largest absolute Gasteiger partial charge is 0.323 e. The molecule has 1 aliphatic rings. The molecular formula is C20H24N4. The molecule has 0 spiro atoms. The van der Waals surface area contributed by atoms with E-state index >= 15 is 0 Å². The van der Waals surface area contributed by atoms with Gasteiger partial charge in [0.15, 0.2) is 0 Å². The van der Waals surface area contributed by atoms with Gasteiger partial charge in [-0.05, 0) is 49.5 Å². The third-order valence-electron chi connectivity index (χ3n) is 4.53. The van der Waals surface area contributed by atoms with Gasteiger partial charge in [0.25, 0.3) is 0 Å². The molecule has 0 radical (unpaired) electrons. The number of hydrogen-bond donors (Lipinski definition) is 1. The first kappa shape index (κ1) is 16.4. The summed E-state index contributed by atoms with van der Waals surface area (Å²) in [7, 11) is 0. The Kier molecular flexibility index (Phi) is 5.75. The van der Waals surface area contributed by atoms with Crippen molar-refractivity contribution in [3.8, 4) is 0 Å². The van der Waals surface area contributed by atoms with Crippen molar-refractivity contribution in [3.05, 3.63) is 66.2 Å². The van der Waals surface area contributed by atoms with Crippen molar-refractivity contribution in [1.82, 2.24) is 4.90 Å². The highest BCUT2D eigenvalue weighted by atomic mass is 15.2. The van der Waals surface area contributed by atoms with Crippen LogP contribution < -0.4 is 5.84 Å². The molecule has 1 saturated heterocycles. The van der Waals surface area contributed by atoms with Crippen molar-refractivity contribution in [1.29, 1.82) is 0 Å². The molecule has 1 fully saturated rings. The molecule has 0 saturated carbocycles. The molecular weight excluding hydrogens is 296 g/mol. The van der Waals surface area contributed by atoms with E-state index in [-0.39, 0.29) is 0 Å². The van der Waals surface area contributed by atoms with Crippen LogP contribution in [0.3, 0.4) is 0 Å². The number of likely N-dealkylation sites (tertiary alicyclic amines) is 1. The number of benzene rings is 2. The Hall–Kier alpha value is -2.46. The number of aliphatic imine (C=N–C) groups is 1. The van der Waals surface area contributed by atoms with E-state index in [1.54, 1.807) is 6.21 Å². The molecule has 0 bridgehead atoms. The number of hydrogen-bond acceptors (Lipinski definition) is 4. The van der Waals surface area contributed by atoms with Gasteiger partial charge in [0.2, 0.25) is 0 Å². The van der Waals surface area contributed by atoms with Crippen molar-refractivity contribution in [3.63, 3.8) is 0 Å². The lowest BCUT2D eigenvalue weighted by molar-refractivity contribution is 0.239. The van der Waals surface area contributed by atoms with Crippen LogP contribution in [-0.2, 0) is 0 Å². The molecule has 2 aromatic carbocycles. The van der Waals surface area contributed by atoms with Gasteiger partial charge < -0.3 is 5.84 Å². The smallest absolute Gasteiger partial charge is 0.0923 e. The van der Waals surface area contributed by atoms with Crippen molar-refractivity contribution in [2.24, 2.45) is 15.9 Å². The summed E-state index contributed by atoms with van der Waals surface area (Å²) >= 11 is 0. The van der Waals surface area contributed by atoms with E-state index < -0.39 is 0 Å². The zero-order valence-corrected chi connectivity index (χ0v) is 13.9. The molecule has 0 amide bonds. The Labute approximate surface area is 143 Å². The van der Waals surface area contributed by atoms with Crippen LogP contribution in [0, 0.1) is 0 Å². The van der Waals surface area contributed by atoms with Gasteiger partial charge in [0.1, 0.15) is 0 Å². The van der Waals surface area contributed by atoms with Gasteiger partial charge in [-0.25, -0.2) is 0 Å². The molecule has 0 unspecified atom stereocenters. The summed E-state index contributed by atoms with van der Waals surface area (Å²) < 4.78 is 0. The second-order valence-corrected chi connectivity index (χ2v) is 6.18. The topological polar surface area (TPSA) is 54.0 Å². The first-order chi connectivity index (χ1) is 11.8. The zero-order chi connectivity index (χ0) is 16.6. The Morgan fingerprint density at radius 2 is 1.62 bits per heavy atom. The van der Waals surface area contributed by atoms with Gasteiger partial charge in [-0.2, -0.15) is 5.10 Å². The first-order valence-corrected chi connectivity index (χ1v) is 8.48.